The van der Waals surface area contributed by atoms with E-state index < -0.39 is 11.9 Å². The van der Waals surface area contributed by atoms with Crippen LogP contribution in [0.2, 0.25) is 0 Å². The van der Waals surface area contributed by atoms with Gasteiger partial charge in [0.25, 0.3) is 11.8 Å². The Morgan fingerprint density at radius 1 is 1.24 bits per heavy atom. The summed E-state index contributed by atoms with van der Waals surface area (Å²) in [6.07, 6.45) is 5.41. The minimum atomic E-state index is -0.600. The van der Waals surface area contributed by atoms with E-state index in [0.29, 0.717) is 12.2 Å². The molecule has 0 radical (unpaired) electrons. The Morgan fingerprint density at radius 3 is 2.79 bits per heavy atom. The number of nitrogens with zero attached hydrogens (tertiary/aromatic N) is 1. The van der Waals surface area contributed by atoms with Crippen LogP contribution in [0.1, 0.15) is 59.1 Å². The van der Waals surface area contributed by atoms with Crippen LogP contribution < -0.4 is 5.32 Å². The lowest BCUT2D eigenvalue weighted by molar-refractivity contribution is -0.138. The SMILES string of the molecule is CC[C@@H]1CCCCN1C(=O)COC(=O)c1ccc(C)c(NC(=O)c2ccco2)c1. The van der Waals surface area contributed by atoms with Gasteiger partial charge >= 0.3 is 5.97 Å². The average Bonchev–Trinajstić information content (AvgIpc) is 3.28. The lowest BCUT2D eigenvalue weighted by Gasteiger charge is -2.35. The first-order valence-electron chi connectivity index (χ1n) is 9.91. The molecule has 7 nitrogen and oxygen atoms in total. The number of anilines is 1. The molecule has 1 saturated heterocycles. The van der Waals surface area contributed by atoms with Crippen molar-refractivity contribution in [1.82, 2.24) is 4.90 Å². The first-order valence-corrected chi connectivity index (χ1v) is 9.91. The number of hydrogen-bond donors (Lipinski definition) is 1. The summed E-state index contributed by atoms with van der Waals surface area (Å²) in [6, 6.07) is 8.27. The maximum Gasteiger partial charge on any atom is 0.338 e. The molecule has 1 aromatic heterocycles. The van der Waals surface area contributed by atoms with E-state index in [9.17, 15) is 14.4 Å². The van der Waals surface area contributed by atoms with Gasteiger partial charge in [0.2, 0.25) is 0 Å². The zero-order valence-electron chi connectivity index (χ0n) is 16.8. The lowest BCUT2D eigenvalue weighted by Crippen LogP contribution is -2.45. The molecule has 154 valence electrons. The number of furan rings is 1. The number of nitrogens with one attached hydrogen (secondary N) is 1. The average molecular weight is 398 g/mol. The Balaban J connectivity index is 1.62. The summed E-state index contributed by atoms with van der Waals surface area (Å²) in [4.78, 5) is 38.9. The van der Waals surface area contributed by atoms with E-state index in [-0.39, 0.29) is 29.9 Å². The highest BCUT2D eigenvalue weighted by atomic mass is 16.5. The number of rotatable bonds is 6. The molecule has 1 fully saturated rings. The van der Waals surface area contributed by atoms with Crippen LogP contribution in [-0.4, -0.2) is 41.9 Å². The van der Waals surface area contributed by atoms with Gasteiger partial charge in [0.1, 0.15) is 0 Å². The summed E-state index contributed by atoms with van der Waals surface area (Å²) in [5.41, 5.74) is 1.54. The zero-order valence-corrected chi connectivity index (χ0v) is 16.8. The molecular weight excluding hydrogens is 372 g/mol. The molecule has 0 spiro atoms. The normalized spacial score (nSPS) is 16.3. The van der Waals surface area contributed by atoms with Gasteiger partial charge in [-0.1, -0.05) is 13.0 Å². The summed E-state index contributed by atoms with van der Waals surface area (Å²) in [7, 11) is 0. The fraction of sp³-hybridized carbons (Fsp3) is 0.409. The molecule has 2 heterocycles. The fourth-order valence-electron chi connectivity index (χ4n) is 3.52. The number of ether oxygens (including phenoxy) is 1. The van der Waals surface area contributed by atoms with E-state index in [1.165, 1.54) is 6.26 Å². The Labute approximate surface area is 170 Å². The quantitative estimate of drug-likeness (QED) is 0.748. The summed E-state index contributed by atoms with van der Waals surface area (Å²) in [5.74, 6) is -0.996. The molecule has 7 heteroatoms. The Hall–Kier alpha value is -3.09. The molecule has 0 aliphatic carbocycles. The topological polar surface area (TPSA) is 88.9 Å². The number of aryl methyl sites for hydroxylation is 1. The molecule has 3 rings (SSSR count). The predicted molar refractivity (Wildman–Crippen MR) is 108 cm³/mol. The largest absolute Gasteiger partial charge is 0.459 e. The van der Waals surface area contributed by atoms with E-state index in [4.69, 9.17) is 9.15 Å². The second-order valence-electron chi connectivity index (χ2n) is 7.18. The molecule has 1 aliphatic rings. The van der Waals surface area contributed by atoms with Crippen LogP contribution in [-0.2, 0) is 9.53 Å². The van der Waals surface area contributed by atoms with Crippen LogP contribution in [0.15, 0.2) is 41.0 Å². The molecule has 29 heavy (non-hydrogen) atoms. The van der Waals surface area contributed by atoms with E-state index in [1.807, 2.05) is 11.8 Å². The minimum absolute atomic E-state index is 0.164. The third-order valence-electron chi connectivity index (χ3n) is 5.21. The maximum atomic E-state index is 12.5. The fourth-order valence-corrected chi connectivity index (χ4v) is 3.52. The molecule has 1 aliphatic heterocycles. The molecule has 1 atom stereocenters. The number of likely N-dealkylation sites (tertiary alicyclic amines) is 1. The number of carbonyl (C=O) groups is 3. The Morgan fingerprint density at radius 2 is 2.07 bits per heavy atom. The first kappa shape index (κ1) is 20.6. The van der Waals surface area contributed by atoms with Gasteiger partial charge in [0, 0.05) is 18.3 Å². The van der Waals surface area contributed by atoms with Gasteiger partial charge in [-0.2, -0.15) is 0 Å². The van der Waals surface area contributed by atoms with Gasteiger partial charge in [0.05, 0.1) is 11.8 Å². The van der Waals surface area contributed by atoms with E-state index >= 15 is 0 Å². The zero-order chi connectivity index (χ0) is 20.8. The van der Waals surface area contributed by atoms with Gasteiger partial charge < -0.3 is 19.4 Å². The number of benzene rings is 1. The van der Waals surface area contributed by atoms with Crippen LogP contribution >= 0.6 is 0 Å². The van der Waals surface area contributed by atoms with Crippen LogP contribution in [0.3, 0.4) is 0 Å². The van der Waals surface area contributed by atoms with Gasteiger partial charge in [-0.25, -0.2) is 4.79 Å². The van der Waals surface area contributed by atoms with Gasteiger partial charge in [-0.05, 0) is 62.4 Å². The molecule has 1 N–H and O–H groups in total. The van der Waals surface area contributed by atoms with Crippen molar-refractivity contribution in [2.24, 2.45) is 0 Å². The number of hydrogen-bond acceptors (Lipinski definition) is 5. The molecule has 2 aromatic rings. The monoisotopic (exact) mass is 398 g/mol. The number of piperidine rings is 1. The molecular formula is C22H26N2O5. The highest BCUT2D eigenvalue weighted by Gasteiger charge is 2.26. The van der Waals surface area contributed by atoms with E-state index in [1.54, 1.807) is 30.3 Å². The molecule has 1 aromatic carbocycles. The van der Waals surface area contributed by atoms with Crippen molar-refractivity contribution >= 4 is 23.5 Å². The smallest absolute Gasteiger partial charge is 0.338 e. The second kappa shape index (κ2) is 9.41. The molecule has 0 saturated carbocycles. The van der Waals surface area contributed by atoms with Gasteiger partial charge in [0.15, 0.2) is 12.4 Å². The van der Waals surface area contributed by atoms with Crippen molar-refractivity contribution in [3.8, 4) is 0 Å². The number of esters is 1. The van der Waals surface area contributed by atoms with Crippen molar-refractivity contribution < 1.29 is 23.5 Å². The summed E-state index contributed by atoms with van der Waals surface area (Å²) in [6.45, 7) is 4.31. The highest BCUT2D eigenvalue weighted by molar-refractivity contribution is 6.03. The third-order valence-corrected chi connectivity index (χ3v) is 5.21. The summed E-state index contributed by atoms with van der Waals surface area (Å²) < 4.78 is 10.3. The Bertz CT molecular complexity index is 875. The van der Waals surface area contributed by atoms with Crippen LogP contribution in [0, 0.1) is 6.92 Å². The Kier molecular flexibility index (Phi) is 6.69. The summed E-state index contributed by atoms with van der Waals surface area (Å²) >= 11 is 0. The van der Waals surface area contributed by atoms with Crippen molar-refractivity contribution in [1.29, 1.82) is 0 Å². The molecule has 0 bridgehead atoms. The third kappa shape index (κ3) is 5.04. The summed E-state index contributed by atoms with van der Waals surface area (Å²) in [5, 5.41) is 2.72. The van der Waals surface area contributed by atoms with Gasteiger partial charge in [-0.15, -0.1) is 0 Å². The predicted octanol–water partition coefficient (Wildman–Crippen LogP) is 3.79. The van der Waals surface area contributed by atoms with E-state index in [2.05, 4.69) is 12.2 Å². The first-order chi connectivity index (χ1) is 14.0. The van der Waals surface area contributed by atoms with Crippen LogP contribution in [0.4, 0.5) is 5.69 Å². The molecule has 2 amide bonds. The second-order valence-corrected chi connectivity index (χ2v) is 7.18. The van der Waals surface area contributed by atoms with Crippen molar-refractivity contribution in [3.05, 3.63) is 53.5 Å². The van der Waals surface area contributed by atoms with Crippen molar-refractivity contribution in [2.75, 3.05) is 18.5 Å². The van der Waals surface area contributed by atoms with Crippen molar-refractivity contribution in [3.63, 3.8) is 0 Å². The van der Waals surface area contributed by atoms with Gasteiger partial charge in [-0.3, -0.25) is 9.59 Å². The lowest BCUT2D eigenvalue weighted by atomic mass is 10.00. The highest BCUT2D eigenvalue weighted by Crippen LogP contribution is 2.21. The van der Waals surface area contributed by atoms with Crippen molar-refractivity contribution in [2.45, 2.75) is 45.6 Å². The minimum Gasteiger partial charge on any atom is -0.459 e. The number of carbonyl (C=O) groups excluding carboxylic acids is 3. The van der Waals surface area contributed by atoms with E-state index in [0.717, 1.165) is 31.2 Å². The van der Waals surface area contributed by atoms with Crippen LogP contribution in [0.25, 0.3) is 0 Å². The molecule has 0 unspecified atom stereocenters. The van der Waals surface area contributed by atoms with Crippen LogP contribution in [0.5, 0.6) is 0 Å². The standard InChI is InChI=1S/C22H26N2O5/c1-3-17-7-4-5-11-24(17)20(25)14-29-22(27)16-10-9-15(2)18(13-16)23-21(26)19-8-6-12-28-19/h6,8-10,12-13,17H,3-5,7,11,14H2,1-2H3,(H,23,26)/t17-/m1/s1. The maximum absolute atomic E-state index is 12.5. The number of amides is 2.